The minimum absolute atomic E-state index is 0.0594. The second kappa shape index (κ2) is 5.24. The first-order valence-electron chi connectivity index (χ1n) is 7.65. The summed E-state index contributed by atoms with van der Waals surface area (Å²) >= 11 is 0. The van der Waals surface area contributed by atoms with Crippen molar-refractivity contribution >= 4 is 27.3 Å². The molecule has 2 aliphatic heterocycles. The molecule has 4 rings (SSSR count). The van der Waals surface area contributed by atoms with Crippen molar-refractivity contribution < 1.29 is 17.9 Å². The molecule has 124 valence electrons. The number of ether oxygens (including phenoxy) is 1. The molecule has 0 fully saturated rings. The number of rotatable bonds is 2. The Balaban J connectivity index is 1.77. The lowest BCUT2D eigenvalue weighted by molar-refractivity contribution is -0.118. The first-order chi connectivity index (χ1) is 11.5. The Labute approximate surface area is 140 Å². The van der Waals surface area contributed by atoms with Crippen molar-refractivity contribution in [2.45, 2.75) is 17.7 Å². The largest absolute Gasteiger partial charge is 0.482 e. The number of benzene rings is 2. The standard InChI is InChI=1S/C17H16N2O4S/c1-11-9-19(15-5-3-2-4-13(11)15)24(21,22)12-6-7-16-14(8-12)18-17(20)10-23-16/h2-8,11H,9-10H2,1H3,(H,18,20). The molecule has 24 heavy (non-hydrogen) atoms. The highest BCUT2D eigenvalue weighted by Gasteiger charge is 2.35. The molecule has 0 aliphatic carbocycles. The van der Waals surface area contributed by atoms with E-state index < -0.39 is 10.0 Å². The maximum absolute atomic E-state index is 13.1. The normalized spacial score (nSPS) is 19.3. The summed E-state index contributed by atoms with van der Waals surface area (Å²) in [5.41, 5.74) is 2.12. The van der Waals surface area contributed by atoms with Gasteiger partial charge in [-0.1, -0.05) is 25.1 Å². The van der Waals surface area contributed by atoms with Crippen LogP contribution >= 0.6 is 0 Å². The fourth-order valence-electron chi connectivity index (χ4n) is 3.15. The fraction of sp³-hybridized carbons (Fsp3) is 0.235. The summed E-state index contributed by atoms with van der Waals surface area (Å²) in [5.74, 6) is 0.317. The number of hydrogen-bond donors (Lipinski definition) is 1. The summed E-state index contributed by atoms with van der Waals surface area (Å²) in [7, 11) is -3.71. The van der Waals surface area contributed by atoms with Crippen LogP contribution in [0.25, 0.3) is 0 Å². The maximum atomic E-state index is 13.1. The van der Waals surface area contributed by atoms with Gasteiger partial charge in [-0.25, -0.2) is 8.42 Å². The van der Waals surface area contributed by atoms with Crippen molar-refractivity contribution in [2.24, 2.45) is 0 Å². The second-order valence-electron chi connectivity index (χ2n) is 5.99. The van der Waals surface area contributed by atoms with Crippen LogP contribution in [0.4, 0.5) is 11.4 Å². The van der Waals surface area contributed by atoms with E-state index in [4.69, 9.17) is 4.74 Å². The van der Waals surface area contributed by atoms with Crippen LogP contribution in [-0.2, 0) is 14.8 Å². The lowest BCUT2D eigenvalue weighted by Crippen LogP contribution is -2.30. The second-order valence-corrected chi connectivity index (χ2v) is 7.85. The van der Waals surface area contributed by atoms with Gasteiger partial charge in [-0.05, 0) is 29.8 Å². The third-order valence-electron chi connectivity index (χ3n) is 4.35. The number of carbonyl (C=O) groups excluding carboxylic acids is 1. The zero-order chi connectivity index (χ0) is 16.9. The van der Waals surface area contributed by atoms with Gasteiger partial charge in [-0.15, -0.1) is 0 Å². The zero-order valence-corrected chi connectivity index (χ0v) is 13.8. The van der Waals surface area contributed by atoms with Crippen molar-refractivity contribution in [2.75, 3.05) is 22.8 Å². The fourth-order valence-corrected chi connectivity index (χ4v) is 4.76. The van der Waals surface area contributed by atoms with Gasteiger partial charge in [0.1, 0.15) is 5.75 Å². The van der Waals surface area contributed by atoms with Gasteiger partial charge in [-0.2, -0.15) is 0 Å². The molecule has 0 radical (unpaired) electrons. The molecule has 1 N–H and O–H groups in total. The van der Waals surface area contributed by atoms with Gasteiger partial charge >= 0.3 is 0 Å². The highest BCUT2D eigenvalue weighted by Crippen LogP contribution is 2.40. The Morgan fingerprint density at radius 1 is 1.21 bits per heavy atom. The van der Waals surface area contributed by atoms with E-state index in [0.717, 1.165) is 5.56 Å². The lowest BCUT2D eigenvalue weighted by atomic mass is 10.0. The third kappa shape index (κ3) is 2.24. The minimum atomic E-state index is -3.71. The van der Waals surface area contributed by atoms with E-state index in [1.54, 1.807) is 6.07 Å². The topological polar surface area (TPSA) is 75.7 Å². The Morgan fingerprint density at radius 2 is 2.00 bits per heavy atom. The Morgan fingerprint density at radius 3 is 2.83 bits per heavy atom. The van der Waals surface area contributed by atoms with Gasteiger partial charge in [0.15, 0.2) is 6.61 Å². The van der Waals surface area contributed by atoms with Crippen molar-refractivity contribution in [1.82, 2.24) is 0 Å². The van der Waals surface area contributed by atoms with Gasteiger partial charge < -0.3 is 10.1 Å². The van der Waals surface area contributed by atoms with Crippen molar-refractivity contribution in [1.29, 1.82) is 0 Å². The van der Waals surface area contributed by atoms with Crippen LogP contribution in [0.15, 0.2) is 47.4 Å². The summed E-state index contributed by atoms with van der Waals surface area (Å²) in [6.07, 6.45) is 0. The number of carbonyl (C=O) groups is 1. The summed E-state index contributed by atoms with van der Waals surface area (Å²) in [6, 6.07) is 12.1. The van der Waals surface area contributed by atoms with E-state index in [0.29, 0.717) is 23.7 Å². The Kier molecular flexibility index (Phi) is 3.28. The zero-order valence-electron chi connectivity index (χ0n) is 13.0. The summed E-state index contributed by atoms with van der Waals surface area (Å²) in [6.45, 7) is 2.35. The predicted octanol–water partition coefficient (Wildman–Crippen LogP) is 2.33. The van der Waals surface area contributed by atoms with Gasteiger partial charge in [0.25, 0.3) is 15.9 Å². The summed E-state index contributed by atoms with van der Waals surface area (Å²) in [4.78, 5) is 11.6. The number of nitrogens with zero attached hydrogens (tertiary/aromatic N) is 1. The van der Waals surface area contributed by atoms with Gasteiger partial charge in [0, 0.05) is 12.5 Å². The van der Waals surface area contributed by atoms with E-state index >= 15 is 0 Å². The van der Waals surface area contributed by atoms with E-state index in [1.807, 2.05) is 31.2 Å². The highest BCUT2D eigenvalue weighted by atomic mass is 32.2. The summed E-state index contributed by atoms with van der Waals surface area (Å²) < 4.78 is 32.9. The average molecular weight is 344 g/mol. The molecule has 2 aromatic rings. The lowest BCUT2D eigenvalue weighted by Gasteiger charge is -2.22. The molecular weight excluding hydrogens is 328 g/mol. The van der Waals surface area contributed by atoms with Gasteiger partial charge in [0.05, 0.1) is 16.3 Å². The molecule has 0 spiro atoms. The molecule has 0 aromatic heterocycles. The Bertz CT molecular complexity index is 939. The van der Waals surface area contributed by atoms with Crippen LogP contribution in [0.1, 0.15) is 18.4 Å². The van der Waals surface area contributed by atoms with Crippen LogP contribution < -0.4 is 14.4 Å². The highest BCUT2D eigenvalue weighted by molar-refractivity contribution is 7.92. The number of fused-ring (bicyclic) bond motifs is 2. The molecule has 1 amide bonds. The van der Waals surface area contributed by atoms with E-state index in [2.05, 4.69) is 5.32 Å². The average Bonchev–Trinajstić information content (AvgIpc) is 2.92. The number of sulfonamides is 1. The molecule has 6 nitrogen and oxygen atoms in total. The van der Waals surface area contributed by atoms with E-state index in [-0.39, 0.29) is 23.3 Å². The molecule has 0 bridgehead atoms. The smallest absolute Gasteiger partial charge is 0.264 e. The van der Waals surface area contributed by atoms with Crippen LogP contribution in [0.2, 0.25) is 0 Å². The quantitative estimate of drug-likeness (QED) is 0.907. The molecule has 0 saturated heterocycles. The van der Waals surface area contributed by atoms with Crippen molar-refractivity contribution in [3.63, 3.8) is 0 Å². The monoisotopic (exact) mass is 344 g/mol. The molecule has 7 heteroatoms. The SMILES string of the molecule is CC1CN(S(=O)(=O)c2ccc3c(c2)NC(=O)CO3)c2ccccc21. The van der Waals surface area contributed by atoms with Gasteiger partial charge in [0.2, 0.25) is 0 Å². The minimum Gasteiger partial charge on any atom is -0.482 e. The number of hydrogen-bond acceptors (Lipinski definition) is 4. The number of nitrogens with one attached hydrogen (secondary N) is 1. The molecule has 2 aromatic carbocycles. The first kappa shape index (κ1) is 15.0. The van der Waals surface area contributed by atoms with E-state index in [9.17, 15) is 13.2 Å². The first-order valence-corrected chi connectivity index (χ1v) is 9.09. The van der Waals surface area contributed by atoms with Crippen molar-refractivity contribution in [3.8, 4) is 5.75 Å². The maximum Gasteiger partial charge on any atom is 0.264 e. The van der Waals surface area contributed by atoms with Crippen LogP contribution in [0.3, 0.4) is 0 Å². The molecule has 1 atom stereocenters. The number of anilines is 2. The van der Waals surface area contributed by atoms with E-state index in [1.165, 1.54) is 16.4 Å². The van der Waals surface area contributed by atoms with Crippen molar-refractivity contribution in [3.05, 3.63) is 48.0 Å². The van der Waals surface area contributed by atoms with Crippen LogP contribution in [0, 0.1) is 0 Å². The predicted molar refractivity (Wildman–Crippen MR) is 90.0 cm³/mol. The molecule has 1 unspecified atom stereocenters. The van der Waals surface area contributed by atoms with Gasteiger partial charge in [-0.3, -0.25) is 9.10 Å². The number of para-hydroxylation sites is 1. The van der Waals surface area contributed by atoms with Crippen LogP contribution in [0.5, 0.6) is 5.75 Å². The molecular formula is C17H16N2O4S. The third-order valence-corrected chi connectivity index (χ3v) is 6.12. The summed E-state index contributed by atoms with van der Waals surface area (Å²) in [5, 5.41) is 2.64. The molecule has 2 aliphatic rings. The molecule has 0 saturated carbocycles. The van der Waals surface area contributed by atoms with Crippen LogP contribution in [-0.4, -0.2) is 27.5 Å². The number of amides is 1. The Hall–Kier alpha value is -2.54. The molecule has 2 heterocycles.